The van der Waals surface area contributed by atoms with E-state index in [9.17, 15) is 0 Å². The minimum absolute atomic E-state index is 0. The summed E-state index contributed by atoms with van der Waals surface area (Å²) >= 11 is 0. The van der Waals surface area contributed by atoms with Gasteiger partial charge in [0, 0.05) is 0 Å². The van der Waals surface area contributed by atoms with Crippen molar-refractivity contribution in [1.29, 1.82) is 0 Å². The number of allylic oxidation sites excluding steroid dienone is 1. The van der Waals surface area contributed by atoms with Gasteiger partial charge >= 0.3 is 17.1 Å². The molecule has 0 saturated heterocycles. The molecule has 0 aromatic heterocycles. The molecule has 0 bridgehead atoms. The molecule has 1 radical (unpaired) electrons. The molecule has 35 valence electrons. The molecule has 0 fully saturated rings. The second-order valence-corrected chi connectivity index (χ2v) is 0.878. The first-order valence-electron chi connectivity index (χ1n) is 1.74. The summed E-state index contributed by atoms with van der Waals surface area (Å²) < 4.78 is 0. The van der Waals surface area contributed by atoms with E-state index in [1.54, 1.807) is 6.08 Å². The van der Waals surface area contributed by atoms with Crippen LogP contribution in [0.1, 0.15) is 12.8 Å². The van der Waals surface area contributed by atoms with E-state index in [1.165, 1.54) is 0 Å². The van der Waals surface area contributed by atoms with Crippen molar-refractivity contribution < 1.29 is 17.1 Å². The Morgan fingerprint density at radius 3 is 2.17 bits per heavy atom. The zero-order chi connectivity index (χ0) is 4.12. The van der Waals surface area contributed by atoms with Gasteiger partial charge in [-0.15, -0.1) is 0 Å². The predicted molar refractivity (Wildman–Crippen MR) is 23.5 cm³/mol. The molecule has 0 aromatic rings. The van der Waals surface area contributed by atoms with Gasteiger partial charge in [0.2, 0.25) is 0 Å². The van der Waals surface area contributed by atoms with Crippen LogP contribution in [0.25, 0.3) is 0 Å². The molecule has 0 atom stereocenters. The second kappa shape index (κ2) is 8.98. The third-order valence-corrected chi connectivity index (χ3v) is 0.371. The summed E-state index contributed by atoms with van der Waals surface area (Å²) in [5.74, 6) is 0. The van der Waals surface area contributed by atoms with Gasteiger partial charge in [-0.1, -0.05) is 6.42 Å². The third kappa shape index (κ3) is 8.86. The molecular weight excluding hydrogens is 115 g/mol. The maximum Gasteiger partial charge on any atom is 2.00 e. The summed E-state index contributed by atoms with van der Waals surface area (Å²) in [7, 11) is 0. The van der Waals surface area contributed by atoms with Gasteiger partial charge in [0.15, 0.2) is 0 Å². The maximum absolute atomic E-state index is 4.97. The fraction of sp³-hybridized carbons (Fsp3) is 0.400. The van der Waals surface area contributed by atoms with Crippen molar-refractivity contribution in [1.82, 2.24) is 0 Å². The molecule has 0 aliphatic rings. The zero-order valence-electron chi connectivity index (χ0n) is 3.65. The van der Waals surface area contributed by atoms with Gasteiger partial charge in [-0.25, -0.2) is 0 Å². The standard InChI is InChI=1S/C5H8.Mn/c1-3-5-4-2;/h1,3H,2,4-5H2;/q-2;+2. The number of unbranched alkanes of at least 4 members (excludes halogenated alkanes) is 1. The van der Waals surface area contributed by atoms with Crippen LogP contribution in [0.2, 0.25) is 0 Å². The molecule has 0 nitrogen and oxygen atoms in total. The van der Waals surface area contributed by atoms with E-state index in [0.717, 1.165) is 12.8 Å². The molecule has 0 spiro atoms. The van der Waals surface area contributed by atoms with Crippen molar-refractivity contribution in [3.05, 3.63) is 19.6 Å². The van der Waals surface area contributed by atoms with E-state index in [1.807, 2.05) is 0 Å². The predicted octanol–water partition coefficient (Wildman–Crippen LogP) is 1.59. The van der Waals surface area contributed by atoms with Gasteiger partial charge in [-0.2, -0.15) is 6.42 Å². The van der Waals surface area contributed by atoms with Crippen LogP contribution in [0.15, 0.2) is 6.08 Å². The van der Waals surface area contributed by atoms with Crippen LogP contribution < -0.4 is 0 Å². The SMILES string of the molecule is [CH-]=CCC[CH2-].[Mn+2]. The van der Waals surface area contributed by atoms with Gasteiger partial charge < -0.3 is 13.5 Å². The van der Waals surface area contributed by atoms with Crippen molar-refractivity contribution in [3.8, 4) is 0 Å². The molecule has 0 aliphatic carbocycles. The van der Waals surface area contributed by atoms with Crippen molar-refractivity contribution >= 4 is 0 Å². The normalized spacial score (nSPS) is 6.17. The van der Waals surface area contributed by atoms with Gasteiger partial charge in [0.1, 0.15) is 0 Å². The Balaban J connectivity index is 0. The molecule has 0 aromatic carbocycles. The van der Waals surface area contributed by atoms with Gasteiger partial charge in [0.25, 0.3) is 0 Å². The summed E-state index contributed by atoms with van der Waals surface area (Å²) in [6.07, 6.45) is 3.46. The first-order chi connectivity index (χ1) is 2.41. The minimum atomic E-state index is 0. The number of rotatable bonds is 2. The molecule has 0 heterocycles. The Morgan fingerprint density at radius 2 is 2.17 bits per heavy atom. The van der Waals surface area contributed by atoms with E-state index in [0.29, 0.717) is 0 Å². The van der Waals surface area contributed by atoms with E-state index >= 15 is 0 Å². The quantitative estimate of drug-likeness (QED) is 0.386. The Morgan fingerprint density at radius 1 is 1.67 bits per heavy atom. The van der Waals surface area contributed by atoms with E-state index < -0.39 is 0 Å². The van der Waals surface area contributed by atoms with Crippen molar-refractivity contribution in [3.63, 3.8) is 0 Å². The molecule has 0 unspecified atom stereocenters. The monoisotopic (exact) mass is 123 g/mol. The smallest absolute Gasteiger partial charge is 0.518 e. The van der Waals surface area contributed by atoms with Crippen LogP contribution in [0.3, 0.4) is 0 Å². The zero-order valence-corrected chi connectivity index (χ0v) is 4.83. The second-order valence-electron chi connectivity index (χ2n) is 0.878. The summed E-state index contributed by atoms with van der Waals surface area (Å²) in [6, 6.07) is 0. The Kier molecular flexibility index (Phi) is 14.3. The Hall–Kier alpha value is 0.259. The van der Waals surface area contributed by atoms with Crippen LogP contribution in [0.4, 0.5) is 0 Å². The largest absolute Gasteiger partial charge is 2.00 e. The van der Waals surface area contributed by atoms with Gasteiger partial charge in [0.05, 0.1) is 0 Å². The van der Waals surface area contributed by atoms with Gasteiger partial charge in [-0.3, -0.25) is 6.08 Å². The molecule has 0 aliphatic heterocycles. The van der Waals surface area contributed by atoms with Crippen molar-refractivity contribution in [2.75, 3.05) is 0 Å². The van der Waals surface area contributed by atoms with Crippen LogP contribution in [0, 0.1) is 13.5 Å². The summed E-state index contributed by atoms with van der Waals surface area (Å²) in [4.78, 5) is 0. The van der Waals surface area contributed by atoms with E-state index in [4.69, 9.17) is 6.58 Å². The average Bonchev–Trinajstić information content (AvgIpc) is 1.41. The number of hydrogen-bond acceptors (Lipinski definition) is 0. The molecule has 0 amide bonds. The first-order valence-corrected chi connectivity index (χ1v) is 1.74. The molecule has 1 heteroatoms. The topological polar surface area (TPSA) is 0 Å². The number of hydrogen-bond donors (Lipinski definition) is 0. The Labute approximate surface area is 50.1 Å². The molecule has 6 heavy (non-hydrogen) atoms. The third-order valence-electron chi connectivity index (χ3n) is 0.371. The summed E-state index contributed by atoms with van der Waals surface area (Å²) in [5, 5.41) is 0. The Bertz CT molecular complexity index is 25.1. The minimum Gasteiger partial charge on any atom is -0.518 e. The van der Waals surface area contributed by atoms with Crippen molar-refractivity contribution in [2.45, 2.75) is 12.8 Å². The molecule has 0 rings (SSSR count). The van der Waals surface area contributed by atoms with Crippen LogP contribution in [-0.2, 0) is 17.1 Å². The van der Waals surface area contributed by atoms with Crippen LogP contribution in [-0.4, -0.2) is 0 Å². The van der Waals surface area contributed by atoms with E-state index in [-0.39, 0.29) is 17.1 Å². The van der Waals surface area contributed by atoms with Crippen molar-refractivity contribution in [2.24, 2.45) is 0 Å². The molecular formula is C5H8Mn. The fourth-order valence-electron chi connectivity index (χ4n) is 0.118. The molecule has 0 N–H and O–H groups in total. The van der Waals surface area contributed by atoms with E-state index in [2.05, 4.69) is 6.92 Å². The summed E-state index contributed by atoms with van der Waals surface area (Å²) in [5.41, 5.74) is 0. The maximum atomic E-state index is 4.97. The molecule has 0 saturated carbocycles. The van der Waals surface area contributed by atoms with Crippen LogP contribution >= 0.6 is 0 Å². The average molecular weight is 123 g/mol. The fourth-order valence-corrected chi connectivity index (χ4v) is 0.118. The first kappa shape index (κ1) is 9.54. The summed E-state index contributed by atoms with van der Waals surface area (Å²) in [6.45, 7) is 8.54. The van der Waals surface area contributed by atoms with Gasteiger partial charge in [-0.05, 0) is 0 Å². The van der Waals surface area contributed by atoms with Crippen LogP contribution in [0.5, 0.6) is 0 Å².